The molecule has 1 aliphatic rings. The Hall–Kier alpha value is -3.60. The SMILES string of the molecule is COc1ccc(CC(=O)NCc2ccc(C(=O)N3CCc4ccccc4CC3)cc2)cc1. The van der Waals surface area contributed by atoms with E-state index in [1.54, 1.807) is 7.11 Å². The normalized spacial score (nSPS) is 13.1. The zero-order chi connectivity index (χ0) is 22.3. The lowest BCUT2D eigenvalue weighted by Gasteiger charge is -2.20. The molecular formula is C27H28N2O3. The van der Waals surface area contributed by atoms with Crippen LogP contribution in [0.1, 0.15) is 32.6 Å². The molecule has 0 fully saturated rings. The number of hydrogen-bond acceptors (Lipinski definition) is 3. The van der Waals surface area contributed by atoms with Crippen molar-refractivity contribution in [3.05, 3.63) is 101 Å². The van der Waals surface area contributed by atoms with Crippen molar-refractivity contribution in [1.29, 1.82) is 0 Å². The molecule has 5 heteroatoms. The number of hydrogen-bond donors (Lipinski definition) is 1. The standard InChI is InChI=1S/C27H28N2O3/c1-32-25-12-8-20(9-13-25)18-26(30)28-19-21-6-10-24(11-7-21)27(31)29-16-14-22-4-2-3-5-23(22)15-17-29/h2-13H,14-19H2,1H3,(H,28,30). The van der Waals surface area contributed by atoms with Crippen molar-refractivity contribution in [1.82, 2.24) is 10.2 Å². The number of benzene rings is 3. The van der Waals surface area contributed by atoms with Crippen LogP contribution in [0.2, 0.25) is 0 Å². The number of methoxy groups -OCH3 is 1. The number of nitrogens with zero attached hydrogens (tertiary/aromatic N) is 1. The largest absolute Gasteiger partial charge is 0.497 e. The third kappa shape index (κ3) is 5.35. The second kappa shape index (κ2) is 10.1. The predicted molar refractivity (Wildman–Crippen MR) is 125 cm³/mol. The van der Waals surface area contributed by atoms with Crippen molar-refractivity contribution in [2.45, 2.75) is 25.8 Å². The summed E-state index contributed by atoms with van der Waals surface area (Å²) in [6, 6.07) is 23.4. The number of carbonyl (C=O) groups is 2. The number of nitrogens with one attached hydrogen (secondary N) is 1. The quantitative estimate of drug-likeness (QED) is 0.650. The molecule has 0 spiro atoms. The van der Waals surface area contributed by atoms with E-state index in [1.807, 2.05) is 53.4 Å². The Bertz CT molecular complexity index is 1050. The summed E-state index contributed by atoms with van der Waals surface area (Å²) in [6.45, 7) is 1.90. The van der Waals surface area contributed by atoms with Crippen LogP contribution in [-0.4, -0.2) is 36.9 Å². The lowest BCUT2D eigenvalue weighted by molar-refractivity contribution is -0.120. The van der Waals surface area contributed by atoms with Crippen molar-refractivity contribution in [3.8, 4) is 5.75 Å². The van der Waals surface area contributed by atoms with Crippen molar-refractivity contribution >= 4 is 11.8 Å². The van der Waals surface area contributed by atoms with Crippen LogP contribution in [-0.2, 0) is 30.6 Å². The van der Waals surface area contributed by atoms with Gasteiger partial charge in [0.15, 0.2) is 0 Å². The maximum atomic E-state index is 13.0. The van der Waals surface area contributed by atoms with Crippen LogP contribution in [0.15, 0.2) is 72.8 Å². The summed E-state index contributed by atoms with van der Waals surface area (Å²) in [4.78, 5) is 27.2. The molecule has 32 heavy (non-hydrogen) atoms. The van der Waals surface area contributed by atoms with Gasteiger partial charge in [-0.15, -0.1) is 0 Å². The fourth-order valence-electron chi connectivity index (χ4n) is 4.01. The third-order valence-corrected chi connectivity index (χ3v) is 5.92. The van der Waals surface area contributed by atoms with Crippen LogP contribution in [0.3, 0.4) is 0 Å². The Kier molecular flexibility index (Phi) is 6.85. The number of ether oxygens (including phenoxy) is 1. The molecule has 0 atom stereocenters. The number of amides is 2. The van der Waals surface area contributed by atoms with E-state index in [0.717, 1.165) is 42.8 Å². The van der Waals surface area contributed by atoms with E-state index < -0.39 is 0 Å². The maximum Gasteiger partial charge on any atom is 0.253 e. The summed E-state index contributed by atoms with van der Waals surface area (Å²) in [5.41, 5.74) is 5.26. The van der Waals surface area contributed by atoms with Crippen LogP contribution >= 0.6 is 0 Å². The minimum absolute atomic E-state index is 0.0422. The minimum Gasteiger partial charge on any atom is -0.497 e. The lowest BCUT2D eigenvalue weighted by Crippen LogP contribution is -2.33. The third-order valence-electron chi connectivity index (χ3n) is 5.92. The van der Waals surface area contributed by atoms with Gasteiger partial charge in [0.2, 0.25) is 5.91 Å². The van der Waals surface area contributed by atoms with Crippen LogP contribution in [0, 0.1) is 0 Å². The second-order valence-corrected chi connectivity index (χ2v) is 8.06. The highest BCUT2D eigenvalue weighted by Gasteiger charge is 2.19. The van der Waals surface area contributed by atoms with Gasteiger partial charge in [0.1, 0.15) is 5.75 Å². The van der Waals surface area contributed by atoms with Gasteiger partial charge in [0.05, 0.1) is 13.5 Å². The summed E-state index contributed by atoms with van der Waals surface area (Å²) < 4.78 is 5.14. The van der Waals surface area contributed by atoms with E-state index in [2.05, 4.69) is 29.6 Å². The van der Waals surface area contributed by atoms with E-state index in [1.165, 1.54) is 11.1 Å². The number of carbonyl (C=O) groups excluding carboxylic acids is 2. The van der Waals surface area contributed by atoms with Gasteiger partial charge in [0.25, 0.3) is 5.91 Å². The first-order valence-electron chi connectivity index (χ1n) is 11.0. The van der Waals surface area contributed by atoms with Gasteiger partial charge in [0, 0.05) is 25.2 Å². The monoisotopic (exact) mass is 428 g/mol. The molecule has 0 bridgehead atoms. The molecule has 0 saturated heterocycles. The molecule has 4 rings (SSSR count). The van der Waals surface area contributed by atoms with Crippen LogP contribution in [0.25, 0.3) is 0 Å². The Morgan fingerprint density at radius 1 is 0.844 bits per heavy atom. The first-order valence-corrected chi connectivity index (χ1v) is 11.0. The molecule has 0 radical (unpaired) electrons. The highest BCUT2D eigenvalue weighted by Crippen LogP contribution is 2.17. The van der Waals surface area contributed by atoms with Crippen LogP contribution in [0.5, 0.6) is 5.75 Å². The molecule has 3 aromatic carbocycles. The van der Waals surface area contributed by atoms with Crippen molar-refractivity contribution in [2.75, 3.05) is 20.2 Å². The minimum atomic E-state index is -0.0422. The zero-order valence-electron chi connectivity index (χ0n) is 18.3. The molecule has 1 N–H and O–H groups in total. The average Bonchev–Trinajstić information content (AvgIpc) is 3.06. The van der Waals surface area contributed by atoms with Crippen molar-refractivity contribution in [3.63, 3.8) is 0 Å². The smallest absolute Gasteiger partial charge is 0.253 e. The van der Waals surface area contributed by atoms with Gasteiger partial charge in [-0.05, 0) is 59.4 Å². The molecule has 0 saturated carbocycles. The van der Waals surface area contributed by atoms with Crippen LogP contribution in [0.4, 0.5) is 0 Å². The highest BCUT2D eigenvalue weighted by atomic mass is 16.5. The summed E-state index contributed by atoms with van der Waals surface area (Å²) in [6.07, 6.45) is 2.10. The summed E-state index contributed by atoms with van der Waals surface area (Å²) >= 11 is 0. The van der Waals surface area contributed by atoms with Gasteiger partial charge in [-0.2, -0.15) is 0 Å². The number of fused-ring (bicyclic) bond motifs is 1. The Balaban J connectivity index is 1.29. The number of rotatable bonds is 6. The molecule has 0 aliphatic carbocycles. The van der Waals surface area contributed by atoms with E-state index in [4.69, 9.17) is 4.74 Å². The van der Waals surface area contributed by atoms with Crippen molar-refractivity contribution in [2.24, 2.45) is 0 Å². The fourth-order valence-corrected chi connectivity index (χ4v) is 4.01. The van der Waals surface area contributed by atoms with Crippen LogP contribution < -0.4 is 10.1 Å². The van der Waals surface area contributed by atoms with Crippen molar-refractivity contribution < 1.29 is 14.3 Å². The zero-order valence-corrected chi connectivity index (χ0v) is 18.3. The Morgan fingerprint density at radius 2 is 1.44 bits per heavy atom. The molecule has 5 nitrogen and oxygen atoms in total. The molecule has 1 aliphatic heterocycles. The van der Waals surface area contributed by atoms with E-state index in [-0.39, 0.29) is 11.8 Å². The van der Waals surface area contributed by atoms with E-state index >= 15 is 0 Å². The second-order valence-electron chi connectivity index (χ2n) is 8.06. The first-order chi connectivity index (χ1) is 15.6. The molecule has 2 amide bonds. The first kappa shape index (κ1) is 21.6. The van der Waals surface area contributed by atoms with E-state index in [0.29, 0.717) is 18.5 Å². The van der Waals surface area contributed by atoms with Gasteiger partial charge < -0.3 is 15.0 Å². The van der Waals surface area contributed by atoms with Gasteiger partial charge in [-0.1, -0.05) is 48.5 Å². The lowest BCUT2D eigenvalue weighted by atomic mass is 10.0. The Morgan fingerprint density at radius 3 is 2.03 bits per heavy atom. The Labute approximate surface area is 189 Å². The summed E-state index contributed by atoms with van der Waals surface area (Å²) in [5.74, 6) is 0.792. The topological polar surface area (TPSA) is 58.6 Å². The molecule has 1 heterocycles. The average molecular weight is 429 g/mol. The maximum absolute atomic E-state index is 13.0. The summed E-state index contributed by atoms with van der Waals surface area (Å²) in [5, 5.41) is 2.94. The molecule has 164 valence electrons. The van der Waals surface area contributed by atoms with Gasteiger partial charge in [-0.3, -0.25) is 9.59 Å². The predicted octanol–water partition coefficient (Wildman–Crippen LogP) is 3.80. The molecular weight excluding hydrogens is 400 g/mol. The van der Waals surface area contributed by atoms with Gasteiger partial charge >= 0.3 is 0 Å². The van der Waals surface area contributed by atoms with Gasteiger partial charge in [-0.25, -0.2) is 0 Å². The highest BCUT2D eigenvalue weighted by molar-refractivity contribution is 5.94. The molecule has 3 aromatic rings. The molecule has 0 aromatic heterocycles. The molecule has 0 unspecified atom stereocenters. The fraction of sp³-hybridized carbons (Fsp3) is 0.259. The summed E-state index contributed by atoms with van der Waals surface area (Å²) in [7, 11) is 1.62. The van der Waals surface area contributed by atoms with E-state index in [9.17, 15) is 9.59 Å².